The SMILES string of the molecule is Cc1ccc2c(NC[C@H]3CCOC3)cccc2c1Oc1ncccc1-c1ccnc(N[C@H]2CCCN(C(=O)OC(C)(C)C)C2)n1. The lowest BCUT2D eigenvalue weighted by Crippen LogP contribution is -2.47. The second kappa shape index (κ2) is 13.3. The van der Waals surface area contributed by atoms with Gasteiger partial charge in [-0.25, -0.2) is 19.7 Å². The van der Waals surface area contributed by atoms with E-state index in [0.29, 0.717) is 36.5 Å². The summed E-state index contributed by atoms with van der Waals surface area (Å²) >= 11 is 0. The smallest absolute Gasteiger partial charge is 0.410 e. The standard InChI is InChI=1S/C35H42N6O4/c1-23-12-13-26-27(9-5-11-29(26)38-20-24-15-19-43-22-24)31(23)44-32-28(10-6-16-36-32)30-14-17-37-33(40-30)39-25-8-7-18-41(21-25)34(42)45-35(2,3)4/h5-6,9-14,16-17,24-25,38H,7-8,15,18-22H2,1-4H3,(H,37,39,40)/t24-,25+/m1/s1. The molecule has 0 radical (unpaired) electrons. The van der Waals surface area contributed by atoms with Crippen LogP contribution in [0.15, 0.2) is 60.9 Å². The Morgan fingerprint density at radius 3 is 2.76 bits per heavy atom. The molecule has 236 valence electrons. The molecule has 0 saturated carbocycles. The number of hydrogen-bond acceptors (Lipinski definition) is 9. The molecule has 2 aliphatic rings. The van der Waals surface area contributed by atoms with E-state index < -0.39 is 5.60 Å². The molecule has 2 atom stereocenters. The molecule has 0 aliphatic carbocycles. The molecule has 6 rings (SSSR count). The fraction of sp³-hybridized carbons (Fsp3) is 0.429. The average molecular weight is 611 g/mol. The Labute approximate surface area is 264 Å². The third-order valence-electron chi connectivity index (χ3n) is 8.12. The number of likely N-dealkylation sites (tertiary alicyclic amines) is 1. The maximum Gasteiger partial charge on any atom is 0.410 e. The van der Waals surface area contributed by atoms with Crippen molar-refractivity contribution < 1.29 is 19.0 Å². The molecule has 45 heavy (non-hydrogen) atoms. The lowest BCUT2D eigenvalue weighted by atomic mass is 10.0. The Kier molecular flexibility index (Phi) is 9.02. The predicted octanol–water partition coefficient (Wildman–Crippen LogP) is 7.05. The minimum Gasteiger partial charge on any atom is -0.444 e. The Hall–Kier alpha value is -4.44. The summed E-state index contributed by atoms with van der Waals surface area (Å²) in [6, 6.07) is 16.2. The minimum absolute atomic E-state index is 0.00784. The Morgan fingerprint density at radius 2 is 1.93 bits per heavy atom. The molecule has 2 saturated heterocycles. The van der Waals surface area contributed by atoms with Crippen LogP contribution in [0.25, 0.3) is 22.0 Å². The highest BCUT2D eigenvalue weighted by Gasteiger charge is 2.28. The number of nitrogens with one attached hydrogen (secondary N) is 2. The van der Waals surface area contributed by atoms with Crippen LogP contribution in [0, 0.1) is 12.8 Å². The van der Waals surface area contributed by atoms with Gasteiger partial charge in [-0.2, -0.15) is 0 Å². The fourth-order valence-corrected chi connectivity index (χ4v) is 5.84. The van der Waals surface area contributed by atoms with Gasteiger partial charge < -0.3 is 29.7 Å². The normalized spacial score (nSPS) is 18.5. The number of piperidine rings is 1. The van der Waals surface area contributed by atoms with Crippen LogP contribution < -0.4 is 15.4 Å². The fourth-order valence-electron chi connectivity index (χ4n) is 5.84. The molecule has 0 bridgehead atoms. The van der Waals surface area contributed by atoms with Gasteiger partial charge in [0.25, 0.3) is 0 Å². The van der Waals surface area contributed by atoms with E-state index >= 15 is 0 Å². The van der Waals surface area contributed by atoms with Gasteiger partial charge in [-0.15, -0.1) is 0 Å². The molecule has 4 aromatic rings. The van der Waals surface area contributed by atoms with Crippen molar-refractivity contribution in [2.45, 2.75) is 58.6 Å². The van der Waals surface area contributed by atoms with Crippen molar-refractivity contribution in [3.8, 4) is 22.9 Å². The van der Waals surface area contributed by atoms with Crippen LogP contribution in [-0.4, -0.2) is 70.4 Å². The number of pyridine rings is 1. The molecule has 2 aliphatic heterocycles. The van der Waals surface area contributed by atoms with Gasteiger partial charge in [-0.1, -0.05) is 24.3 Å². The number of rotatable bonds is 8. The lowest BCUT2D eigenvalue weighted by molar-refractivity contribution is 0.0206. The Morgan fingerprint density at radius 1 is 1.04 bits per heavy atom. The van der Waals surface area contributed by atoms with Crippen molar-refractivity contribution in [2.75, 3.05) is 43.5 Å². The number of aromatic nitrogens is 3. The molecule has 10 heteroatoms. The van der Waals surface area contributed by atoms with Gasteiger partial charge in [0.15, 0.2) is 0 Å². The number of carbonyl (C=O) groups is 1. The van der Waals surface area contributed by atoms with E-state index in [-0.39, 0.29) is 12.1 Å². The molecule has 0 unspecified atom stereocenters. The van der Waals surface area contributed by atoms with E-state index in [1.54, 1.807) is 17.3 Å². The molecule has 1 amide bonds. The number of amides is 1. The average Bonchev–Trinajstić information content (AvgIpc) is 3.55. The number of ether oxygens (including phenoxy) is 3. The first-order valence-electron chi connectivity index (χ1n) is 15.8. The van der Waals surface area contributed by atoms with Crippen molar-refractivity contribution in [1.29, 1.82) is 0 Å². The van der Waals surface area contributed by atoms with E-state index in [9.17, 15) is 4.79 Å². The van der Waals surface area contributed by atoms with Crippen molar-refractivity contribution in [3.63, 3.8) is 0 Å². The van der Waals surface area contributed by atoms with E-state index in [1.807, 2.05) is 45.9 Å². The third-order valence-corrected chi connectivity index (χ3v) is 8.12. The van der Waals surface area contributed by atoms with Gasteiger partial charge in [0.05, 0.1) is 17.9 Å². The first-order valence-corrected chi connectivity index (χ1v) is 15.8. The van der Waals surface area contributed by atoms with Crippen molar-refractivity contribution in [3.05, 3.63) is 66.5 Å². The van der Waals surface area contributed by atoms with Crippen LogP contribution in [0.1, 0.15) is 45.6 Å². The zero-order valence-corrected chi connectivity index (χ0v) is 26.5. The van der Waals surface area contributed by atoms with Crippen molar-refractivity contribution >= 4 is 28.5 Å². The van der Waals surface area contributed by atoms with Crippen LogP contribution in [-0.2, 0) is 9.47 Å². The topological polar surface area (TPSA) is 111 Å². The second-order valence-electron chi connectivity index (χ2n) is 12.9. The molecule has 2 fully saturated rings. The maximum atomic E-state index is 12.7. The van der Waals surface area contributed by atoms with Gasteiger partial charge in [0.1, 0.15) is 11.4 Å². The van der Waals surface area contributed by atoms with Gasteiger partial charge in [-0.3, -0.25) is 0 Å². The maximum absolute atomic E-state index is 12.7. The molecular weight excluding hydrogens is 568 g/mol. The van der Waals surface area contributed by atoms with Gasteiger partial charge >= 0.3 is 6.09 Å². The molecule has 10 nitrogen and oxygen atoms in total. The van der Waals surface area contributed by atoms with Crippen LogP contribution >= 0.6 is 0 Å². The summed E-state index contributed by atoms with van der Waals surface area (Å²) < 4.78 is 17.8. The minimum atomic E-state index is -0.535. The quantitative estimate of drug-likeness (QED) is 0.217. The Bertz CT molecular complexity index is 1650. The number of hydrogen-bond donors (Lipinski definition) is 2. The number of aryl methyl sites for hydroxylation is 1. The predicted molar refractivity (Wildman–Crippen MR) is 176 cm³/mol. The third kappa shape index (κ3) is 7.45. The number of benzene rings is 2. The summed E-state index contributed by atoms with van der Waals surface area (Å²) in [4.78, 5) is 28.3. The second-order valence-corrected chi connectivity index (χ2v) is 12.9. The largest absolute Gasteiger partial charge is 0.444 e. The molecular formula is C35H42N6O4. The van der Waals surface area contributed by atoms with Crippen LogP contribution in [0.2, 0.25) is 0 Å². The highest BCUT2D eigenvalue weighted by Crippen LogP contribution is 2.38. The van der Waals surface area contributed by atoms with Gasteiger partial charge in [-0.05, 0) is 76.8 Å². The summed E-state index contributed by atoms with van der Waals surface area (Å²) in [7, 11) is 0. The number of carbonyl (C=O) groups excluding carboxylic acids is 1. The summed E-state index contributed by atoms with van der Waals surface area (Å²) in [5, 5.41) is 9.17. The van der Waals surface area contributed by atoms with Crippen LogP contribution in [0.4, 0.5) is 16.4 Å². The highest BCUT2D eigenvalue weighted by atomic mass is 16.6. The number of anilines is 2. The number of fused-ring (bicyclic) bond motifs is 1. The van der Waals surface area contributed by atoms with Crippen LogP contribution in [0.5, 0.6) is 11.6 Å². The molecule has 2 aromatic carbocycles. The monoisotopic (exact) mass is 610 g/mol. The summed E-state index contributed by atoms with van der Waals surface area (Å²) in [6.45, 7) is 11.4. The molecule has 2 aromatic heterocycles. The summed E-state index contributed by atoms with van der Waals surface area (Å²) in [5.41, 5.74) is 3.00. The van der Waals surface area contributed by atoms with E-state index in [0.717, 1.165) is 72.4 Å². The zero-order chi connectivity index (χ0) is 31.4. The Balaban J connectivity index is 1.21. The van der Waals surface area contributed by atoms with E-state index in [4.69, 9.17) is 19.2 Å². The summed E-state index contributed by atoms with van der Waals surface area (Å²) in [6.07, 6.45) is 6.01. The first-order chi connectivity index (χ1) is 21.7. The molecule has 0 spiro atoms. The van der Waals surface area contributed by atoms with Crippen molar-refractivity contribution in [2.24, 2.45) is 5.92 Å². The number of nitrogens with zero attached hydrogens (tertiary/aromatic N) is 4. The van der Waals surface area contributed by atoms with Gasteiger partial charge in [0.2, 0.25) is 11.8 Å². The van der Waals surface area contributed by atoms with E-state index in [1.165, 1.54) is 0 Å². The first kappa shape index (κ1) is 30.6. The zero-order valence-electron chi connectivity index (χ0n) is 26.5. The lowest BCUT2D eigenvalue weighted by Gasteiger charge is -2.34. The highest BCUT2D eigenvalue weighted by molar-refractivity contribution is 5.98. The van der Waals surface area contributed by atoms with E-state index in [2.05, 4.69) is 50.9 Å². The van der Waals surface area contributed by atoms with Gasteiger partial charge in [0, 0.05) is 67.1 Å². The van der Waals surface area contributed by atoms with Crippen LogP contribution in [0.3, 0.4) is 0 Å². The molecule has 4 heterocycles. The van der Waals surface area contributed by atoms with Crippen molar-refractivity contribution in [1.82, 2.24) is 19.9 Å². The molecule has 2 N–H and O–H groups in total. The summed E-state index contributed by atoms with van der Waals surface area (Å²) in [5.74, 6) is 2.24.